The van der Waals surface area contributed by atoms with Gasteiger partial charge < -0.3 is 5.32 Å². The Morgan fingerprint density at radius 2 is 1.75 bits per heavy atom. The van der Waals surface area contributed by atoms with Crippen LogP contribution >= 0.6 is 0 Å². The minimum Gasteiger partial charge on any atom is -0.357 e. The average Bonchev–Trinajstić information content (AvgIpc) is 2.03. The molecule has 0 amide bonds. The van der Waals surface area contributed by atoms with Crippen LogP contribution in [0.4, 0.5) is 19.1 Å². The molecule has 1 rings (SSSR count). The van der Waals surface area contributed by atoms with Gasteiger partial charge in [0.2, 0.25) is 5.95 Å². The Morgan fingerprint density at radius 3 is 2.08 bits per heavy atom. The van der Waals surface area contributed by atoms with Crippen molar-refractivity contribution >= 4 is 5.95 Å². The summed E-state index contributed by atoms with van der Waals surface area (Å²) in [5.74, 6) is 0.169. The molecule has 0 radical (unpaired) electrons. The number of nitrogens with one attached hydrogen (secondary N) is 1. The minimum absolute atomic E-state index is 0.169. The predicted molar refractivity (Wildman–Crippen MR) is 36.6 cm³/mol. The van der Waals surface area contributed by atoms with Crippen LogP contribution in [0.1, 0.15) is 5.56 Å². The number of halogens is 3. The zero-order valence-electron chi connectivity index (χ0n) is 6.18. The second-order valence-corrected chi connectivity index (χ2v) is 2.04. The van der Waals surface area contributed by atoms with Crippen LogP contribution in [0.25, 0.3) is 0 Å². The lowest BCUT2D eigenvalue weighted by atomic mass is 10.3. The van der Waals surface area contributed by atoms with E-state index in [0.717, 1.165) is 12.4 Å². The highest BCUT2D eigenvalue weighted by Crippen LogP contribution is 2.27. The monoisotopic (exact) mass is 177 g/mol. The maximum Gasteiger partial charge on any atom is 0.419 e. The first kappa shape index (κ1) is 8.76. The molecule has 66 valence electrons. The Bertz CT molecular complexity index is 254. The summed E-state index contributed by atoms with van der Waals surface area (Å²) in [7, 11) is 1.53. The van der Waals surface area contributed by atoms with Gasteiger partial charge in [-0.2, -0.15) is 13.2 Å². The first-order chi connectivity index (χ1) is 5.54. The van der Waals surface area contributed by atoms with E-state index in [4.69, 9.17) is 0 Å². The molecule has 6 heteroatoms. The highest BCUT2D eigenvalue weighted by atomic mass is 19.4. The van der Waals surface area contributed by atoms with Gasteiger partial charge in [0.15, 0.2) is 0 Å². The molecule has 3 nitrogen and oxygen atoms in total. The molecular formula is C6H6F3N3. The van der Waals surface area contributed by atoms with Crippen molar-refractivity contribution in [3.05, 3.63) is 18.0 Å². The summed E-state index contributed by atoms with van der Waals surface area (Å²) in [5.41, 5.74) is -0.846. The molecule has 12 heavy (non-hydrogen) atoms. The van der Waals surface area contributed by atoms with Crippen LogP contribution in [0.2, 0.25) is 0 Å². The van der Waals surface area contributed by atoms with Gasteiger partial charge >= 0.3 is 6.18 Å². The molecule has 0 atom stereocenters. The van der Waals surface area contributed by atoms with Crippen molar-refractivity contribution in [2.45, 2.75) is 6.18 Å². The lowest BCUT2D eigenvalue weighted by Crippen LogP contribution is -2.07. The Balaban J connectivity index is 2.93. The SMILES string of the molecule is CNc1ncc(C(F)(F)F)cn1. The maximum atomic E-state index is 11.9. The fraction of sp³-hybridized carbons (Fsp3) is 0.333. The van der Waals surface area contributed by atoms with Crippen LogP contribution in [0.15, 0.2) is 12.4 Å². The van der Waals surface area contributed by atoms with Gasteiger partial charge in [-0.25, -0.2) is 9.97 Å². The maximum absolute atomic E-state index is 11.9. The zero-order chi connectivity index (χ0) is 9.19. The molecule has 0 fully saturated rings. The van der Waals surface area contributed by atoms with Crippen molar-refractivity contribution < 1.29 is 13.2 Å². The second-order valence-electron chi connectivity index (χ2n) is 2.04. The van der Waals surface area contributed by atoms with Gasteiger partial charge in [-0.3, -0.25) is 0 Å². The first-order valence-corrected chi connectivity index (χ1v) is 3.11. The summed E-state index contributed by atoms with van der Waals surface area (Å²) < 4.78 is 35.8. The van der Waals surface area contributed by atoms with E-state index in [1.165, 1.54) is 7.05 Å². The van der Waals surface area contributed by atoms with Crippen LogP contribution in [0.5, 0.6) is 0 Å². The third-order valence-corrected chi connectivity index (χ3v) is 1.20. The number of alkyl halides is 3. The standard InChI is InChI=1S/C6H6F3N3/c1-10-5-11-2-4(3-12-5)6(7,8)9/h2-3H,1H3,(H,10,11,12). The highest BCUT2D eigenvalue weighted by molar-refractivity contribution is 5.24. The largest absolute Gasteiger partial charge is 0.419 e. The van der Waals surface area contributed by atoms with Gasteiger partial charge in [-0.15, -0.1) is 0 Å². The highest BCUT2D eigenvalue weighted by Gasteiger charge is 2.31. The second kappa shape index (κ2) is 2.96. The summed E-state index contributed by atoms with van der Waals surface area (Å²) >= 11 is 0. The Kier molecular flexibility index (Phi) is 2.16. The molecule has 1 aromatic heterocycles. The normalized spacial score (nSPS) is 11.3. The number of nitrogens with zero attached hydrogens (tertiary/aromatic N) is 2. The molecule has 0 aliphatic carbocycles. The number of aromatic nitrogens is 2. The zero-order valence-corrected chi connectivity index (χ0v) is 6.18. The first-order valence-electron chi connectivity index (χ1n) is 3.11. The van der Waals surface area contributed by atoms with Gasteiger partial charge in [0.1, 0.15) is 0 Å². The van der Waals surface area contributed by atoms with Gasteiger partial charge in [-0.05, 0) is 0 Å². The molecule has 0 saturated heterocycles. The van der Waals surface area contributed by atoms with E-state index in [1.807, 2.05) is 0 Å². The third kappa shape index (κ3) is 1.84. The van der Waals surface area contributed by atoms with Gasteiger partial charge in [0.25, 0.3) is 0 Å². The van der Waals surface area contributed by atoms with E-state index in [1.54, 1.807) is 0 Å². The van der Waals surface area contributed by atoms with Crippen LogP contribution in [-0.4, -0.2) is 17.0 Å². The van der Waals surface area contributed by atoms with Crippen LogP contribution in [0, 0.1) is 0 Å². The van der Waals surface area contributed by atoms with Crippen molar-refractivity contribution in [2.75, 3.05) is 12.4 Å². The van der Waals surface area contributed by atoms with Gasteiger partial charge in [-0.1, -0.05) is 0 Å². The van der Waals surface area contributed by atoms with Crippen LogP contribution in [0.3, 0.4) is 0 Å². The quantitative estimate of drug-likeness (QED) is 0.706. The topological polar surface area (TPSA) is 37.8 Å². The fourth-order valence-electron chi connectivity index (χ4n) is 0.604. The van der Waals surface area contributed by atoms with E-state index < -0.39 is 11.7 Å². The summed E-state index contributed by atoms with van der Waals surface area (Å²) in [6.07, 6.45) is -2.90. The summed E-state index contributed by atoms with van der Waals surface area (Å²) in [6, 6.07) is 0. The molecule has 0 unspecified atom stereocenters. The predicted octanol–water partition coefficient (Wildman–Crippen LogP) is 1.54. The summed E-state index contributed by atoms with van der Waals surface area (Å²) in [5, 5.41) is 2.52. The van der Waals surface area contributed by atoms with E-state index >= 15 is 0 Å². The number of rotatable bonds is 1. The van der Waals surface area contributed by atoms with E-state index in [0.29, 0.717) is 0 Å². The number of hydrogen-bond acceptors (Lipinski definition) is 3. The van der Waals surface area contributed by atoms with Crippen molar-refractivity contribution in [3.63, 3.8) is 0 Å². The van der Waals surface area contributed by atoms with E-state index in [2.05, 4.69) is 15.3 Å². The Hall–Kier alpha value is -1.33. The van der Waals surface area contributed by atoms with Crippen molar-refractivity contribution in [3.8, 4) is 0 Å². The van der Waals surface area contributed by atoms with Gasteiger partial charge in [0, 0.05) is 19.4 Å². The smallest absolute Gasteiger partial charge is 0.357 e. The molecule has 0 aromatic carbocycles. The fourth-order valence-corrected chi connectivity index (χ4v) is 0.604. The molecule has 0 aliphatic heterocycles. The molecule has 0 aliphatic rings. The molecule has 0 spiro atoms. The molecule has 1 aromatic rings. The molecule has 0 bridgehead atoms. The van der Waals surface area contributed by atoms with Gasteiger partial charge in [0.05, 0.1) is 5.56 Å². The minimum atomic E-state index is -4.37. The van der Waals surface area contributed by atoms with Crippen LogP contribution < -0.4 is 5.32 Å². The molecule has 1 N–H and O–H groups in total. The number of hydrogen-bond donors (Lipinski definition) is 1. The Morgan fingerprint density at radius 1 is 1.25 bits per heavy atom. The number of anilines is 1. The molecular weight excluding hydrogens is 171 g/mol. The van der Waals surface area contributed by atoms with E-state index in [9.17, 15) is 13.2 Å². The summed E-state index contributed by atoms with van der Waals surface area (Å²) in [6.45, 7) is 0. The Labute approximate surface area is 66.6 Å². The van der Waals surface area contributed by atoms with Crippen LogP contribution in [-0.2, 0) is 6.18 Å². The van der Waals surface area contributed by atoms with E-state index in [-0.39, 0.29) is 5.95 Å². The lowest BCUT2D eigenvalue weighted by molar-refractivity contribution is -0.138. The molecule has 1 heterocycles. The molecule has 0 saturated carbocycles. The van der Waals surface area contributed by atoms with Crippen molar-refractivity contribution in [1.82, 2.24) is 9.97 Å². The third-order valence-electron chi connectivity index (χ3n) is 1.20. The lowest BCUT2D eigenvalue weighted by Gasteiger charge is -2.04. The summed E-state index contributed by atoms with van der Waals surface area (Å²) in [4.78, 5) is 6.84. The van der Waals surface area contributed by atoms with Crippen molar-refractivity contribution in [2.24, 2.45) is 0 Å². The van der Waals surface area contributed by atoms with Crippen molar-refractivity contribution in [1.29, 1.82) is 0 Å². The average molecular weight is 177 g/mol.